The normalized spacial score (nSPS) is 10.4. The average molecular weight is 240 g/mol. The summed E-state index contributed by atoms with van der Waals surface area (Å²) in [5.41, 5.74) is 1.05. The number of rotatable bonds is 3. The van der Waals surface area contributed by atoms with Crippen LogP contribution in [0.25, 0.3) is 0 Å². The molecule has 0 heterocycles. The number of aliphatic hydroxyl groups excluding tert-OH is 1. The Balaban J connectivity index is 2.91. The van der Waals surface area contributed by atoms with Gasteiger partial charge in [-0.3, -0.25) is 4.72 Å². The summed E-state index contributed by atoms with van der Waals surface area (Å²) in [6.45, 7) is -0.230. The molecule has 0 saturated heterocycles. The van der Waals surface area contributed by atoms with Crippen molar-refractivity contribution in [3.8, 4) is 11.8 Å². The lowest BCUT2D eigenvalue weighted by Gasteiger charge is -2.06. The number of aliphatic hydroxyl groups is 1. The predicted octanol–water partition coefficient (Wildman–Crippen LogP) is -0.0935. The van der Waals surface area contributed by atoms with E-state index in [1.807, 2.05) is 0 Å². The highest BCUT2D eigenvalue weighted by Gasteiger charge is 2.05. The smallest absolute Gasteiger partial charge is 0.298 e. The highest BCUT2D eigenvalue weighted by atomic mass is 32.2. The molecule has 0 fully saturated rings. The Labute approximate surface area is 94.7 Å². The van der Waals surface area contributed by atoms with Crippen molar-refractivity contribution in [1.29, 1.82) is 0 Å². The number of hydrogen-bond donors (Lipinski definition) is 3. The minimum Gasteiger partial charge on any atom is -0.384 e. The van der Waals surface area contributed by atoms with Crippen LogP contribution in [-0.2, 0) is 10.2 Å². The van der Waals surface area contributed by atoms with Gasteiger partial charge >= 0.3 is 0 Å². The van der Waals surface area contributed by atoms with Crippen molar-refractivity contribution in [2.75, 3.05) is 18.4 Å². The first-order chi connectivity index (χ1) is 7.57. The number of benzene rings is 1. The summed E-state index contributed by atoms with van der Waals surface area (Å²) in [7, 11) is -2.19. The molecule has 86 valence electrons. The third-order valence-corrected chi connectivity index (χ3v) is 2.74. The van der Waals surface area contributed by atoms with Crippen LogP contribution >= 0.6 is 0 Å². The second-order valence-electron chi connectivity index (χ2n) is 2.85. The molecule has 0 radical (unpaired) electrons. The van der Waals surface area contributed by atoms with Crippen molar-refractivity contribution in [2.45, 2.75) is 0 Å². The predicted molar refractivity (Wildman–Crippen MR) is 62.0 cm³/mol. The second-order valence-corrected chi connectivity index (χ2v) is 4.47. The van der Waals surface area contributed by atoms with E-state index in [1.54, 1.807) is 24.3 Å². The highest BCUT2D eigenvalue weighted by Crippen LogP contribution is 2.10. The molecule has 1 aromatic carbocycles. The molecule has 16 heavy (non-hydrogen) atoms. The molecule has 0 spiro atoms. The molecule has 0 aliphatic rings. The van der Waals surface area contributed by atoms with Crippen LogP contribution in [0.4, 0.5) is 5.69 Å². The Morgan fingerprint density at radius 1 is 1.44 bits per heavy atom. The Morgan fingerprint density at radius 3 is 2.81 bits per heavy atom. The van der Waals surface area contributed by atoms with E-state index in [-0.39, 0.29) is 6.61 Å². The largest absolute Gasteiger partial charge is 0.384 e. The molecule has 0 bridgehead atoms. The number of nitrogens with one attached hydrogen (secondary N) is 2. The molecule has 1 aromatic rings. The molecule has 0 amide bonds. The minimum absolute atomic E-state index is 0.230. The monoisotopic (exact) mass is 240 g/mol. The third-order valence-electron chi connectivity index (χ3n) is 1.70. The molecule has 1 rings (SSSR count). The molecule has 0 aromatic heterocycles. The van der Waals surface area contributed by atoms with Crippen LogP contribution < -0.4 is 9.44 Å². The first-order valence-electron chi connectivity index (χ1n) is 4.48. The van der Waals surface area contributed by atoms with Gasteiger partial charge in [0.2, 0.25) is 0 Å². The number of hydrogen-bond acceptors (Lipinski definition) is 3. The van der Waals surface area contributed by atoms with E-state index in [1.165, 1.54) is 7.05 Å². The van der Waals surface area contributed by atoms with E-state index in [9.17, 15) is 8.42 Å². The summed E-state index contributed by atoms with van der Waals surface area (Å²) in [6.07, 6.45) is 0. The van der Waals surface area contributed by atoms with Crippen molar-refractivity contribution in [1.82, 2.24) is 4.72 Å². The fourth-order valence-corrected chi connectivity index (χ4v) is 1.55. The fraction of sp³-hybridized carbons (Fsp3) is 0.200. The molecule has 0 aliphatic heterocycles. The lowest BCUT2D eigenvalue weighted by Crippen LogP contribution is -2.26. The molecule has 0 unspecified atom stereocenters. The SMILES string of the molecule is CNS(=O)(=O)Nc1cccc(C#CCO)c1. The third kappa shape index (κ3) is 3.90. The van der Waals surface area contributed by atoms with E-state index in [2.05, 4.69) is 21.3 Å². The average Bonchev–Trinajstić information content (AvgIpc) is 2.26. The van der Waals surface area contributed by atoms with E-state index < -0.39 is 10.2 Å². The Bertz CT molecular complexity index is 514. The summed E-state index contributed by atoms with van der Waals surface area (Å²) < 4.78 is 26.8. The Hall–Kier alpha value is -1.55. The second kappa shape index (κ2) is 5.51. The van der Waals surface area contributed by atoms with Crippen molar-refractivity contribution >= 4 is 15.9 Å². The zero-order chi connectivity index (χ0) is 12.0. The summed E-state index contributed by atoms with van der Waals surface area (Å²) in [5, 5.41) is 8.53. The van der Waals surface area contributed by atoms with E-state index in [0.717, 1.165) is 0 Å². The lowest BCUT2D eigenvalue weighted by atomic mass is 10.2. The van der Waals surface area contributed by atoms with Gasteiger partial charge in [-0.2, -0.15) is 8.42 Å². The fourth-order valence-electron chi connectivity index (χ4n) is 1.01. The van der Waals surface area contributed by atoms with Crippen LogP contribution in [0.15, 0.2) is 24.3 Å². The summed E-state index contributed by atoms with van der Waals surface area (Å²) in [4.78, 5) is 0. The topological polar surface area (TPSA) is 78.4 Å². The van der Waals surface area contributed by atoms with Crippen molar-refractivity contribution in [3.05, 3.63) is 29.8 Å². The van der Waals surface area contributed by atoms with Crippen LogP contribution in [0, 0.1) is 11.8 Å². The van der Waals surface area contributed by atoms with Gasteiger partial charge in [-0.25, -0.2) is 4.72 Å². The van der Waals surface area contributed by atoms with Gasteiger partial charge in [0.25, 0.3) is 10.2 Å². The van der Waals surface area contributed by atoms with Crippen molar-refractivity contribution in [2.24, 2.45) is 0 Å². The Morgan fingerprint density at radius 2 is 2.19 bits per heavy atom. The van der Waals surface area contributed by atoms with Gasteiger partial charge in [0.15, 0.2) is 0 Å². The van der Waals surface area contributed by atoms with Crippen LogP contribution in [0.2, 0.25) is 0 Å². The van der Waals surface area contributed by atoms with Gasteiger partial charge in [-0.05, 0) is 18.2 Å². The first kappa shape index (κ1) is 12.5. The van der Waals surface area contributed by atoms with Crippen LogP contribution in [0.1, 0.15) is 5.56 Å². The van der Waals surface area contributed by atoms with Gasteiger partial charge in [-0.15, -0.1) is 0 Å². The lowest BCUT2D eigenvalue weighted by molar-refractivity contribution is 0.350. The highest BCUT2D eigenvalue weighted by molar-refractivity contribution is 7.90. The van der Waals surface area contributed by atoms with E-state index in [4.69, 9.17) is 5.11 Å². The van der Waals surface area contributed by atoms with E-state index in [0.29, 0.717) is 11.3 Å². The van der Waals surface area contributed by atoms with Crippen LogP contribution in [0.5, 0.6) is 0 Å². The van der Waals surface area contributed by atoms with Crippen molar-refractivity contribution < 1.29 is 13.5 Å². The van der Waals surface area contributed by atoms with Gasteiger partial charge in [0.05, 0.1) is 5.69 Å². The zero-order valence-electron chi connectivity index (χ0n) is 8.69. The number of anilines is 1. The van der Waals surface area contributed by atoms with Gasteiger partial charge in [-0.1, -0.05) is 17.9 Å². The summed E-state index contributed by atoms with van der Waals surface area (Å²) in [6, 6.07) is 6.59. The first-order valence-corrected chi connectivity index (χ1v) is 5.97. The Kier molecular flexibility index (Phi) is 4.31. The van der Waals surface area contributed by atoms with Gasteiger partial charge in [0.1, 0.15) is 6.61 Å². The maximum absolute atomic E-state index is 11.2. The molecular formula is C10H12N2O3S. The standard InChI is InChI=1S/C10H12N2O3S/c1-11-16(14,15)12-10-6-2-4-9(8-10)5-3-7-13/h2,4,6,8,11-13H,7H2,1H3. The molecule has 6 heteroatoms. The maximum atomic E-state index is 11.2. The minimum atomic E-state index is -3.51. The van der Waals surface area contributed by atoms with Crippen molar-refractivity contribution in [3.63, 3.8) is 0 Å². The van der Waals surface area contributed by atoms with Gasteiger partial charge in [0, 0.05) is 12.6 Å². The molecule has 0 aliphatic carbocycles. The quantitative estimate of drug-likeness (QED) is 0.646. The zero-order valence-corrected chi connectivity index (χ0v) is 9.50. The molecule has 0 saturated carbocycles. The molecule has 3 N–H and O–H groups in total. The summed E-state index contributed by atoms with van der Waals surface area (Å²) in [5.74, 6) is 5.16. The summed E-state index contributed by atoms with van der Waals surface area (Å²) >= 11 is 0. The molecule has 5 nitrogen and oxygen atoms in total. The van der Waals surface area contributed by atoms with Crippen LogP contribution in [-0.4, -0.2) is 27.2 Å². The maximum Gasteiger partial charge on any atom is 0.298 e. The van der Waals surface area contributed by atoms with Crippen LogP contribution in [0.3, 0.4) is 0 Å². The molecule has 0 atom stereocenters. The van der Waals surface area contributed by atoms with Gasteiger partial charge < -0.3 is 5.11 Å². The van der Waals surface area contributed by atoms with E-state index >= 15 is 0 Å². The molecular weight excluding hydrogens is 228 g/mol.